The minimum Gasteiger partial charge on any atom is -0.486 e. The Morgan fingerprint density at radius 3 is 2.38 bits per heavy atom. The van der Waals surface area contributed by atoms with Crippen LogP contribution in [0.15, 0.2) is 18.2 Å². The third-order valence-corrected chi connectivity index (χ3v) is 4.58. The van der Waals surface area contributed by atoms with Crippen molar-refractivity contribution in [2.45, 2.75) is 0 Å². The summed E-state index contributed by atoms with van der Waals surface area (Å²) in [6, 6.07) is 4.74. The van der Waals surface area contributed by atoms with Crippen LogP contribution in [-0.2, 0) is 0 Å². The molecule has 1 amide bonds. The maximum absolute atomic E-state index is 12.2. The molecule has 0 fully saturated rings. The van der Waals surface area contributed by atoms with Gasteiger partial charge >= 0.3 is 0 Å². The molecule has 1 N–H and O–H groups in total. The molecular formula is C13H8Cl3NO3S. The van der Waals surface area contributed by atoms with E-state index >= 15 is 0 Å². The number of benzene rings is 1. The van der Waals surface area contributed by atoms with Crippen molar-refractivity contribution in [1.82, 2.24) is 0 Å². The van der Waals surface area contributed by atoms with E-state index in [1.165, 1.54) is 6.07 Å². The quantitative estimate of drug-likeness (QED) is 0.838. The number of anilines is 1. The van der Waals surface area contributed by atoms with Gasteiger partial charge < -0.3 is 14.8 Å². The van der Waals surface area contributed by atoms with Gasteiger partial charge in [-0.3, -0.25) is 4.79 Å². The van der Waals surface area contributed by atoms with Crippen LogP contribution in [0.3, 0.4) is 0 Å². The van der Waals surface area contributed by atoms with Gasteiger partial charge in [-0.25, -0.2) is 0 Å². The van der Waals surface area contributed by atoms with E-state index in [4.69, 9.17) is 44.3 Å². The summed E-state index contributed by atoms with van der Waals surface area (Å²) in [7, 11) is 0. The molecule has 4 nitrogen and oxygen atoms in total. The zero-order chi connectivity index (χ0) is 15.0. The molecule has 0 saturated heterocycles. The molecule has 0 radical (unpaired) electrons. The second-order valence-electron chi connectivity index (χ2n) is 4.17. The number of rotatable bonds is 2. The van der Waals surface area contributed by atoms with Crippen molar-refractivity contribution in [1.29, 1.82) is 0 Å². The maximum Gasteiger partial charge on any atom is 0.258 e. The summed E-state index contributed by atoms with van der Waals surface area (Å²) in [4.78, 5) is 12.2. The van der Waals surface area contributed by atoms with E-state index in [2.05, 4.69) is 5.32 Å². The van der Waals surface area contributed by atoms with Crippen LogP contribution in [0.25, 0.3) is 0 Å². The number of amides is 1. The first kappa shape index (κ1) is 14.8. The number of hydrogen-bond acceptors (Lipinski definition) is 4. The van der Waals surface area contributed by atoms with Gasteiger partial charge in [-0.05, 0) is 6.07 Å². The van der Waals surface area contributed by atoms with Crippen LogP contribution in [0.4, 0.5) is 5.69 Å². The van der Waals surface area contributed by atoms with Gasteiger partial charge in [-0.2, -0.15) is 0 Å². The molecule has 1 aliphatic rings. The lowest BCUT2D eigenvalue weighted by atomic mass is 10.2. The third kappa shape index (κ3) is 3.06. The van der Waals surface area contributed by atoms with Crippen molar-refractivity contribution in [3.63, 3.8) is 0 Å². The van der Waals surface area contributed by atoms with Crippen molar-refractivity contribution in [2.75, 3.05) is 18.5 Å². The van der Waals surface area contributed by atoms with Gasteiger partial charge in [0.25, 0.3) is 5.91 Å². The van der Waals surface area contributed by atoms with Crippen LogP contribution < -0.4 is 14.8 Å². The molecule has 1 aromatic carbocycles. The Morgan fingerprint density at radius 1 is 1.10 bits per heavy atom. The van der Waals surface area contributed by atoms with E-state index in [0.717, 1.165) is 11.3 Å². The monoisotopic (exact) mass is 363 g/mol. The van der Waals surface area contributed by atoms with Gasteiger partial charge in [0.05, 0.1) is 20.6 Å². The normalized spacial score (nSPS) is 13.1. The number of carbonyl (C=O) groups is 1. The lowest BCUT2D eigenvalue weighted by Crippen LogP contribution is -2.16. The minimum absolute atomic E-state index is 0.303. The fourth-order valence-electron chi connectivity index (χ4n) is 1.84. The predicted molar refractivity (Wildman–Crippen MR) is 84.7 cm³/mol. The van der Waals surface area contributed by atoms with Crippen molar-refractivity contribution in [3.8, 4) is 11.5 Å². The minimum atomic E-state index is -0.387. The van der Waals surface area contributed by atoms with E-state index in [0.29, 0.717) is 49.7 Å². The molecule has 0 unspecified atom stereocenters. The highest BCUT2D eigenvalue weighted by Crippen LogP contribution is 2.38. The van der Waals surface area contributed by atoms with Crippen molar-refractivity contribution < 1.29 is 14.3 Å². The smallest absolute Gasteiger partial charge is 0.258 e. The molecule has 1 aromatic heterocycles. The lowest BCUT2D eigenvalue weighted by molar-refractivity contribution is 0.102. The van der Waals surface area contributed by atoms with Crippen LogP contribution in [0.1, 0.15) is 10.4 Å². The molecule has 0 saturated carbocycles. The lowest BCUT2D eigenvalue weighted by Gasteiger charge is -2.20. The Kier molecular flexibility index (Phi) is 4.17. The van der Waals surface area contributed by atoms with Crippen LogP contribution >= 0.6 is 46.1 Å². The number of nitrogens with one attached hydrogen (secondary N) is 1. The van der Waals surface area contributed by atoms with Crippen LogP contribution in [-0.4, -0.2) is 19.1 Å². The van der Waals surface area contributed by atoms with Crippen molar-refractivity contribution >= 4 is 57.7 Å². The molecule has 0 atom stereocenters. The first-order valence-electron chi connectivity index (χ1n) is 5.90. The molecule has 3 rings (SSSR count). The number of carbonyl (C=O) groups excluding carboxylic acids is 1. The maximum atomic E-state index is 12.2. The van der Waals surface area contributed by atoms with E-state index in [-0.39, 0.29) is 5.91 Å². The molecule has 8 heteroatoms. The number of hydrogen-bond donors (Lipinski definition) is 1. The average Bonchev–Trinajstić information content (AvgIpc) is 2.78. The Morgan fingerprint density at radius 2 is 1.76 bits per heavy atom. The largest absolute Gasteiger partial charge is 0.486 e. The third-order valence-electron chi connectivity index (χ3n) is 2.78. The molecule has 0 aliphatic carbocycles. The molecule has 0 bridgehead atoms. The van der Waals surface area contributed by atoms with Crippen LogP contribution in [0, 0.1) is 0 Å². The van der Waals surface area contributed by atoms with E-state index in [9.17, 15) is 4.79 Å². The molecule has 0 spiro atoms. The van der Waals surface area contributed by atoms with Gasteiger partial charge in [0.15, 0.2) is 11.5 Å². The van der Waals surface area contributed by atoms with Gasteiger partial charge in [0.1, 0.15) is 17.6 Å². The zero-order valence-corrected chi connectivity index (χ0v) is 13.5. The Hall–Kier alpha value is -1.14. The Bertz CT molecular complexity index is 717. The highest BCUT2D eigenvalue weighted by Gasteiger charge is 2.19. The summed E-state index contributed by atoms with van der Waals surface area (Å²) in [5.74, 6) is 0.706. The highest BCUT2D eigenvalue weighted by atomic mass is 35.5. The van der Waals surface area contributed by atoms with E-state index in [1.807, 2.05) is 0 Å². The summed E-state index contributed by atoms with van der Waals surface area (Å²) in [6.07, 6.45) is 0. The summed E-state index contributed by atoms with van der Waals surface area (Å²) in [6.45, 7) is 0.923. The second kappa shape index (κ2) is 5.93. The van der Waals surface area contributed by atoms with Gasteiger partial charge in [0.2, 0.25) is 0 Å². The Labute approximate surface area is 139 Å². The molecule has 2 heterocycles. The van der Waals surface area contributed by atoms with Crippen LogP contribution in [0.2, 0.25) is 13.7 Å². The molecule has 21 heavy (non-hydrogen) atoms. The first-order chi connectivity index (χ1) is 10.0. The molecular weight excluding hydrogens is 357 g/mol. The van der Waals surface area contributed by atoms with Crippen molar-refractivity contribution in [2.24, 2.45) is 0 Å². The first-order valence-corrected chi connectivity index (χ1v) is 7.85. The van der Waals surface area contributed by atoms with Gasteiger partial charge in [-0.15, -0.1) is 11.3 Å². The topological polar surface area (TPSA) is 47.6 Å². The number of halogens is 3. The van der Waals surface area contributed by atoms with Crippen LogP contribution in [0.5, 0.6) is 11.5 Å². The average molecular weight is 365 g/mol. The van der Waals surface area contributed by atoms with E-state index in [1.54, 1.807) is 12.1 Å². The molecule has 1 aliphatic heterocycles. The fourth-order valence-corrected chi connectivity index (χ4v) is 3.50. The molecule has 2 aromatic rings. The van der Waals surface area contributed by atoms with E-state index < -0.39 is 0 Å². The number of ether oxygens (including phenoxy) is 2. The summed E-state index contributed by atoms with van der Waals surface area (Å²) < 4.78 is 11.6. The molecule has 110 valence electrons. The van der Waals surface area contributed by atoms with Crippen molar-refractivity contribution in [3.05, 3.63) is 37.5 Å². The highest BCUT2D eigenvalue weighted by molar-refractivity contribution is 7.20. The van der Waals surface area contributed by atoms with Gasteiger partial charge in [-0.1, -0.05) is 34.8 Å². The second-order valence-corrected chi connectivity index (χ2v) is 6.86. The number of thiophene rings is 1. The fraction of sp³-hybridized carbons (Fsp3) is 0.154. The predicted octanol–water partition coefficient (Wildman–Crippen LogP) is 4.73. The zero-order valence-electron chi connectivity index (χ0n) is 10.4. The summed E-state index contributed by atoms with van der Waals surface area (Å²) >= 11 is 19.0. The van der Waals surface area contributed by atoms with Gasteiger partial charge in [0, 0.05) is 12.1 Å². The Balaban J connectivity index is 1.87. The standard InChI is InChI=1S/C13H8Cl3NO3S/c14-7-4-9-10(20-2-1-19-9)5-8(7)17-13(18)6-3-11(15)21-12(6)16/h3-5H,1-2H2,(H,17,18). The summed E-state index contributed by atoms with van der Waals surface area (Å²) in [5.41, 5.74) is 0.724. The number of fused-ring (bicyclic) bond motifs is 1. The SMILES string of the molecule is O=C(Nc1cc2c(cc1Cl)OCCO2)c1cc(Cl)sc1Cl. The summed E-state index contributed by atoms with van der Waals surface area (Å²) in [5, 5.41) is 3.04.